The third-order valence-corrected chi connectivity index (χ3v) is 5.25. The van der Waals surface area contributed by atoms with Crippen LogP contribution in [-0.4, -0.2) is 37.0 Å². The summed E-state index contributed by atoms with van der Waals surface area (Å²) in [5.74, 6) is -1.69. The predicted octanol–water partition coefficient (Wildman–Crippen LogP) is 3.37. The predicted molar refractivity (Wildman–Crippen MR) is 127 cm³/mol. The van der Waals surface area contributed by atoms with E-state index in [2.05, 4.69) is 5.32 Å². The zero-order valence-corrected chi connectivity index (χ0v) is 19.3. The molecule has 0 saturated heterocycles. The van der Waals surface area contributed by atoms with Crippen molar-refractivity contribution in [2.45, 2.75) is 26.7 Å². The van der Waals surface area contributed by atoms with E-state index >= 15 is 0 Å². The summed E-state index contributed by atoms with van der Waals surface area (Å²) in [6, 6.07) is 14.1. The summed E-state index contributed by atoms with van der Waals surface area (Å²) in [4.78, 5) is 38.1. The monoisotopic (exact) mass is 456 g/mol. The Hall–Kier alpha value is -3.19. The largest absolute Gasteiger partial charge is 0.370 e. The second kappa shape index (κ2) is 11.4. The van der Waals surface area contributed by atoms with E-state index in [-0.39, 0.29) is 36.4 Å². The summed E-state index contributed by atoms with van der Waals surface area (Å²) >= 11 is 6.16. The average Bonchev–Trinajstić information content (AvgIpc) is 2.75. The molecule has 0 fully saturated rings. The summed E-state index contributed by atoms with van der Waals surface area (Å²) in [5.41, 5.74) is 7.18. The Bertz CT molecular complexity index is 992. The third-order valence-electron chi connectivity index (χ3n) is 5.01. The number of carbonyl (C=O) groups is 3. The Morgan fingerprint density at radius 3 is 2.38 bits per heavy atom. The molecule has 7 nitrogen and oxygen atoms in total. The maximum absolute atomic E-state index is 12.8. The molecule has 0 aliphatic heterocycles. The molecule has 0 bridgehead atoms. The Morgan fingerprint density at radius 1 is 1.12 bits per heavy atom. The highest BCUT2D eigenvalue weighted by Gasteiger charge is 2.24. The molecule has 1 atom stereocenters. The van der Waals surface area contributed by atoms with Gasteiger partial charge in [0.15, 0.2) is 0 Å². The second-order valence-electron chi connectivity index (χ2n) is 8.07. The van der Waals surface area contributed by atoms with Crippen LogP contribution in [0.3, 0.4) is 0 Å². The number of likely N-dealkylation sites (N-methyl/N-ethyl adjacent to an activating group) is 1. The van der Waals surface area contributed by atoms with Gasteiger partial charge < -0.3 is 16.0 Å². The van der Waals surface area contributed by atoms with Crippen LogP contribution in [0.25, 0.3) is 0 Å². The molecule has 4 N–H and O–H groups in total. The highest BCUT2D eigenvalue weighted by Crippen LogP contribution is 2.26. The van der Waals surface area contributed by atoms with E-state index in [0.717, 1.165) is 0 Å². The van der Waals surface area contributed by atoms with Gasteiger partial charge in [-0.25, -0.2) is 0 Å². The molecular weight excluding hydrogens is 428 g/mol. The van der Waals surface area contributed by atoms with Gasteiger partial charge >= 0.3 is 0 Å². The molecule has 0 heterocycles. The molecule has 0 unspecified atom stereocenters. The van der Waals surface area contributed by atoms with Crippen molar-refractivity contribution in [1.82, 2.24) is 5.32 Å². The first kappa shape index (κ1) is 25.1. The number of rotatable bonds is 10. The maximum atomic E-state index is 12.8. The van der Waals surface area contributed by atoms with Crippen LogP contribution in [0, 0.1) is 17.2 Å². The van der Waals surface area contributed by atoms with Crippen molar-refractivity contribution in [2.24, 2.45) is 17.6 Å². The van der Waals surface area contributed by atoms with Crippen LogP contribution >= 0.6 is 11.6 Å². The number of primary amides is 1. The van der Waals surface area contributed by atoms with Gasteiger partial charge in [0.25, 0.3) is 0 Å². The molecule has 0 aliphatic carbocycles. The van der Waals surface area contributed by atoms with Crippen molar-refractivity contribution in [3.05, 3.63) is 64.7 Å². The molecule has 0 aromatic heterocycles. The molecule has 0 aliphatic rings. The summed E-state index contributed by atoms with van der Waals surface area (Å²) in [7, 11) is 1.58. The fourth-order valence-corrected chi connectivity index (χ4v) is 3.59. The Kier molecular flexibility index (Phi) is 8.96. The molecule has 8 heteroatoms. The average molecular weight is 457 g/mol. The fraction of sp³-hybridized carbons (Fsp3) is 0.333. The molecule has 0 spiro atoms. The normalized spacial score (nSPS) is 11.7. The number of benzene rings is 2. The molecule has 2 aromatic rings. The first-order chi connectivity index (χ1) is 15.1. The van der Waals surface area contributed by atoms with Crippen LogP contribution < -0.4 is 16.0 Å². The number of carbonyl (C=O) groups excluding carboxylic acids is 3. The van der Waals surface area contributed by atoms with Crippen molar-refractivity contribution in [2.75, 3.05) is 18.5 Å². The van der Waals surface area contributed by atoms with Crippen LogP contribution in [0.1, 0.15) is 37.8 Å². The topological polar surface area (TPSA) is 116 Å². The minimum Gasteiger partial charge on any atom is -0.370 e. The van der Waals surface area contributed by atoms with E-state index in [4.69, 9.17) is 22.7 Å². The Morgan fingerprint density at radius 2 is 1.78 bits per heavy atom. The van der Waals surface area contributed by atoms with E-state index in [9.17, 15) is 14.4 Å². The third kappa shape index (κ3) is 6.92. The number of amides is 3. The zero-order chi connectivity index (χ0) is 23.8. The number of nitrogens with two attached hydrogens (primary N) is 1. The molecule has 0 radical (unpaired) electrons. The van der Waals surface area contributed by atoms with Gasteiger partial charge in [0.2, 0.25) is 17.7 Å². The minimum atomic E-state index is -0.581. The number of hydrogen-bond donors (Lipinski definition) is 3. The number of hydrogen-bond acceptors (Lipinski definition) is 4. The molecule has 2 rings (SSSR count). The van der Waals surface area contributed by atoms with Gasteiger partial charge in [-0.3, -0.25) is 19.8 Å². The van der Waals surface area contributed by atoms with Crippen molar-refractivity contribution in [3.63, 3.8) is 0 Å². The van der Waals surface area contributed by atoms with Gasteiger partial charge in [-0.1, -0.05) is 55.8 Å². The van der Waals surface area contributed by atoms with Gasteiger partial charge in [-0.2, -0.15) is 0 Å². The zero-order valence-electron chi connectivity index (χ0n) is 18.5. The standard InChI is InChI=1S/C24H29ClN4O3/c1-15(2)11-17(12-21(26)30)24(32)28-14-22(31)29(3)20-10-9-18(25)13-19(20)23(27)16-7-5-4-6-8-16/h4-10,13,15,17,27H,11-12,14H2,1-3H3,(H2,26,30)(H,28,32)/t17-/m1/s1. The Labute approximate surface area is 193 Å². The Balaban J connectivity index is 2.16. The van der Waals surface area contributed by atoms with E-state index in [0.29, 0.717) is 28.3 Å². The summed E-state index contributed by atoms with van der Waals surface area (Å²) < 4.78 is 0. The fourth-order valence-electron chi connectivity index (χ4n) is 3.42. The lowest BCUT2D eigenvalue weighted by molar-refractivity contribution is -0.131. The molecule has 3 amide bonds. The highest BCUT2D eigenvalue weighted by molar-refractivity contribution is 6.31. The quantitative estimate of drug-likeness (QED) is 0.476. The lowest BCUT2D eigenvalue weighted by Crippen LogP contribution is -2.42. The van der Waals surface area contributed by atoms with Crippen molar-refractivity contribution >= 4 is 40.7 Å². The highest BCUT2D eigenvalue weighted by atomic mass is 35.5. The van der Waals surface area contributed by atoms with Gasteiger partial charge in [-0.15, -0.1) is 0 Å². The van der Waals surface area contributed by atoms with Gasteiger partial charge in [0.05, 0.1) is 17.9 Å². The lowest BCUT2D eigenvalue weighted by atomic mass is 9.93. The maximum Gasteiger partial charge on any atom is 0.246 e. The van der Waals surface area contributed by atoms with Gasteiger partial charge in [-0.05, 0) is 30.5 Å². The van der Waals surface area contributed by atoms with Gasteiger partial charge in [0, 0.05) is 35.5 Å². The number of nitrogens with zero attached hydrogens (tertiary/aromatic N) is 1. The van der Waals surface area contributed by atoms with Gasteiger partial charge in [0.1, 0.15) is 0 Å². The lowest BCUT2D eigenvalue weighted by Gasteiger charge is -2.23. The number of nitrogens with one attached hydrogen (secondary N) is 2. The number of anilines is 1. The van der Waals surface area contributed by atoms with Crippen LogP contribution in [-0.2, 0) is 14.4 Å². The van der Waals surface area contributed by atoms with E-state index in [1.807, 2.05) is 44.2 Å². The molecule has 32 heavy (non-hydrogen) atoms. The minimum absolute atomic E-state index is 0.0659. The van der Waals surface area contributed by atoms with Crippen molar-refractivity contribution in [3.8, 4) is 0 Å². The van der Waals surface area contributed by atoms with Crippen LogP contribution in [0.15, 0.2) is 48.5 Å². The molecule has 0 saturated carbocycles. The smallest absolute Gasteiger partial charge is 0.246 e. The number of halogens is 1. The first-order valence-corrected chi connectivity index (χ1v) is 10.7. The van der Waals surface area contributed by atoms with Crippen molar-refractivity contribution in [1.29, 1.82) is 5.41 Å². The van der Waals surface area contributed by atoms with E-state index in [1.165, 1.54) is 4.90 Å². The SMILES string of the molecule is CC(C)C[C@H](CC(N)=O)C(=O)NCC(=O)N(C)c1ccc(Cl)cc1C(=N)c1ccccc1. The second-order valence-corrected chi connectivity index (χ2v) is 8.51. The van der Waals surface area contributed by atoms with Crippen LogP contribution in [0.5, 0.6) is 0 Å². The summed E-state index contributed by atoms with van der Waals surface area (Å²) in [5, 5.41) is 11.7. The molecule has 170 valence electrons. The summed E-state index contributed by atoms with van der Waals surface area (Å²) in [6.45, 7) is 3.65. The first-order valence-electron chi connectivity index (χ1n) is 10.4. The molecule has 2 aromatic carbocycles. The van der Waals surface area contributed by atoms with E-state index in [1.54, 1.807) is 25.2 Å². The van der Waals surface area contributed by atoms with E-state index < -0.39 is 11.8 Å². The van der Waals surface area contributed by atoms with Crippen LogP contribution in [0.4, 0.5) is 5.69 Å². The van der Waals surface area contributed by atoms with Crippen molar-refractivity contribution < 1.29 is 14.4 Å². The molecular formula is C24H29ClN4O3. The summed E-state index contributed by atoms with van der Waals surface area (Å²) in [6.07, 6.45) is 0.429. The van der Waals surface area contributed by atoms with Crippen LogP contribution in [0.2, 0.25) is 5.02 Å².